The highest BCUT2D eigenvalue weighted by atomic mass is 35.5. The zero-order valence-electron chi connectivity index (χ0n) is 12.5. The lowest BCUT2D eigenvalue weighted by Crippen LogP contribution is -2.39. The SMILES string of the molecule is CC(C)[C@@H]1CC[C@H](C)[C@@]2(C[C@@H]2c2ccc(Cl)cc2)C1=O. The van der Waals surface area contributed by atoms with Crippen LogP contribution in [0.15, 0.2) is 24.3 Å². The van der Waals surface area contributed by atoms with E-state index in [1.54, 1.807) is 0 Å². The Hall–Kier alpha value is -0.820. The van der Waals surface area contributed by atoms with Crippen molar-refractivity contribution >= 4 is 17.4 Å². The molecule has 3 rings (SSSR count). The molecule has 0 heterocycles. The van der Waals surface area contributed by atoms with Crippen molar-refractivity contribution in [1.29, 1.82) is 0 Å². The van der Waals surface area contributed by atoms with E-state index in [1.165, 1.54) is 12.0 Å². The maximum Gasteiger partial charge on any atom is 0.143 e. The molecule has 0 aromatic heterocycles. The van der Waals surface area contributed by atoms with E-state index in [9.17, 15) is 4.79 Å². The molecule has 2 aliphatic rings. The van der Waals surface area contributed by atoms with Crippen LogP contribution in [0.4, 0.5) is 0 Å². The molecule has 2 aliphatic carbocycles. The van der Waals surface area contributed by atoms with Crippen LogP contribution in [0.5, 0.6) is 0 Å². The minimum absolute atomic E-state index is 0.0684. The van der Waals surface area contributed by atoms with E-state index in [1.807, 2.05) is 12.1 Å². The van der Waals surface area contributed by atoms with Gasteiger partial charge in [0, 0.05) is 16.4 Å². The molecule has 1 aromatic carbocycles. The molecule has 0 amide bonds. The smallest absolute Gasteiger partial charge is 0.143 e. The van der Waals surface area contributed by atoms with E-state index in [2.05, 4.69) is 32.9 Å². The monoisotopic (exact) mass is 290 g/mol. The minimum Gasteiger partial charge on any atom is -0.299 e. The molecule has 0 radical (unpaired) electrons. The number of rotatable bonds is 2. The maximum absolute atomic E-state index is 13.0. The van der Waals surface area contributed by atoms with Gasteiger partial charge in [-0.05, 0) is 54.7 Å². The summed E-state index contributed by atoms with van der Waals surface area (Å²) in [5.74, 6) is 2.21. The van der Waals surface area contributed by atoms with Crippen molar-refractivity contribution in [3.8, 4) is 0 Å². The quantitative estimate of drug-likeness (QED) is 0.742. The van der Waals surface area contributed by atoms with Gasteiger partial charge in [0.05, 0.1) is 0 Å². The summed E-state index contributed by atoms with van der Waals surface area (Å²) in [6.07, 6.45) is 3.31. The molecule has 0 N–H and O–H groups in total. The van der Waals surface area contributed by atoms with Crippen LogP contribution in [-0.4, -0.2) is 5.78 Å². The van der Waals surface area contributed by atoms with Crippen LogP contribution in [0.1, 0.15) is 51.5 Å². The molecule has 1 aromatic rings. The first kappa shape index (κ1) is 14.1. The summed E-state index contributed by atoms with van der Waals surface area (Å²) in [5, 5.41) is 0.770. The molecule has 20 heavy (non-hydrogen) atoms. The van der Waals surface area contributed by atoms with Crippen LogP contribution >= 0.6 is 11.6 Å². The largest absolute Gasteiger partial charge is 0.299 e. The second-order valence-electron chi connectivity index (χ2n) is 7.04. The zero-order chi connectivity index (χ0) is 14.5. The second-order valence-corrected chi connectivity index (χ2v) is 7.48. The number of ketones is 1. The molecular formula is C18H23ClO. The molecule has 1 nitrogen and oxygen atoms in total. The number of benzene rings is 1. The van der Waals surface area contributed by atoms with Gasteiger partial charge >= 0.3 is 0 Å². The lowest BCUT2D eigenvalue weighted by molar-refractivity contribution is -0.135. The Kier molecular flexibility index (Phi) is 3.44. The van der Waals surface area contributed by atoms with Crippen molar-refractivity contribution in [3.63, 3.8) is 0 Å². The van der Waals surface area contributed by atoms with Gasteiger partial charge < -0.3 is 0 Å². The van der Waals surface area contributed by atoms with E-state index in [0.29, 0.717) is 23.5 Å². The average molecular weight is 291 g/mol. The van der Waals surface area contributed by atoms with Crippen molar-refractivity contribution in [2.45, 2.75) is 46.0 Å². The van der Waals surface area contributed by atoms with E-state index in [4.69, 9.17) is 11.6 Å². The first-order chi connectivity index (χ1) is 9.46. The Labute approximate surface area is 126 Å². The predicted octanol–water partition coefficient (Wildman–Crippen LogP) is 5.08. The maximum atomic E-state index is 13.0. The summed E-state index contributed by atoms with van der Waals surface area (Å²) < 4.78 is 0. The highest BCUT2D eigenvalue weighted by molar-refractivity contribution is 6.30. The first-order valence-corrected chi connectivity index (χ1v) is 8.14. The van der Waals surface area contributed by atoms with Crippen molar-refractivity contribution in [2.75, 3.05) is 0 Å². The van der Waals surface area contributed by atoms with Gasteiger partial charge in [-0.15, -0.1) is 0 Å². The van der Waals surface area contributed by atoms with Gasteiger partial charge in [-0.1, -0.05) is 44.5 Å². The standard InChI is InChI=1S/C18H23ClO/c1-11(2)15-9-4-12(3)18(17(15)20)10-16(18)13-5-7-14(19)8-6-13/h5-8,11-12,15-16H,4,9-10H2,1-3H3/t12-,15-,16+,18+/m0/s1. The van der Waals surface area contributed by atoms with E-state index in [-0.39, 0.29) is 11.3 Å². The van der Waals surface area contributed by atoms with Crippen LogP contribution in [-0.2, 0) is 4.79 Å². The van der Waals surface area contributed by atoms with Crippen molar-refractivity contribution < 1.29 is 4.79 Å². The molecule has 0 aliphatic heterocycles. The normalized spacial score (nSPS) is 36.6. The third-order valence-electron chi connectivity index (χ3n) is 5.67. The summed E-state index contributed by atoms with van der Waals surface area (Å²) in [5.41, 5.74) is 1.22. The van der Waals surface area contributed by atoms with Gasteiger partial charge in [0.15, 0.2) is 0 Å². The summed E-state index contributed by atoms with van der Waals surface area (Å²) in [7, 11) is 0. The predicted molar refractivity (Wildman–Crippen MR) is 83.0 cm³/mol. The summed E-state index contributed by atoms with van der Waals surface area (Å²) >= 11 is 5.97. The number of halogens is 1. The van der Waals surface area contributed by atoms with E-state index in [0.717, 1.165) is 17.9 Å². The molecule has 2 fully saturated rings. The Balaban J connectivity index is 1.88. The zero-order valence-corrected chi connectivity index (χ0v) is 13.3. The van der Waals surface area contributed by atoms with Gasteiger partial charge in [0.1, 0.15) is 5.78 Å². The molecule has 4 atom stereocenters. The summed E-state index contributed by atoms with van der Waals surface area (Å²) in [4.78, 5) is 13.0. The van der Waals surface area contributed by atoms with Gasteiger partial charge in [-0.3, -0.25) is 4.79 Å². The Bertz CT molecular complexity index is 519. The summed E-state index contributed by atoms with van der Waals surface area (Å²) in [6, 6.07) is 8.09. The van der Waals surface area contributed by atoms with Crippen LogP contribution in [0.3, 0.4) is 0 Å². The number of hydrogen-bond acceptors (Lipinski definition) is 1. The lowest BCUT2D eigenvalue weighted by Gasteiger charge is -2.36. The number of Topliss-reactive ketones (excluding diaryl/α,β-unsaturated/α-hetero) is 1. The number of carbonyl (C=O) groups is 1. The first-order valence-electron chi connectivity index (χ1n) is 7.76. The van der Waals surface area contributed by atoms with Gasteiger partial charge in [-0.25, -0.2) is 0 Å². The molecule has 0 unspecified atom stereocenters. The van der Waals surface area contributed by atoms with Crippen LogP contribution in [0.2, 0.25) is 5.02 Å². The van der Waals surface area contributed by atoms with Gasteiger partial charge in [0.2, 0.25) is 0 Å². The van der Waals surface area contributed by atoms with Crippen LogP contribution in [0.25, 0.3) is 0 Å². The molecule has 2 heteroatoms. The third kappa shape index (κ3) is 2.02. The van der Waals surface area contributed by atoms with Crippen molar-refractivity contribution in [2.24, 2.45) is 23.2 Å². The fourth-order valence-electron chi connectivity index (χ4n) is 4.25. The number of hydrogen-bond donors (Lipinski definition) is 0. The van der Waals surface area contributed by atoms with Gasteiger partial charge in [0.25, 0.3) is 0 Å². The molecule has 2 saturated carbocycles. The lowest BCUT2D eigenvalue weighted by atomic mass is 9.66. The highest BCUT2D eigenvalue weighted by Gasteiger charge is 2.65. The molecule has 0 saturated heterocycles. The molecule has 1 spiro atoms. The summed E-state index contributed by atoms with van der Waals surface area (Å²) in [6.45, 7) is 6.64. The topological polar surface area (TPSA) is 17.1 Å². The fourth-order valence-corrected chi connectivity index (χ4v) is 4.37. The van der Waals surface area contributed by atoms with E-state index >= 15 is 0 Å². The number of carbonyl (C=O) groups excluding carboxylic acids is 1. The molecule has 108 valence electrons. The fraction of sp³-hybridized carbons (Fsp3) is 0.611. The van der Waals surface area contributed by atoms with Gasteiger partial charge in [-0.2, -0.15) is 0 Å². The van der Waals surface area contributed by atoms with Crippen LogP contribution < -0.4 is 0 Å². The van der Waals surface area contributed by atoms with Crippen LogP contribution in [0, 0.1) is 23.2 Å². The average Bonchev–Trinajstić information content (AvgIpc) is 3.14. The van der Waals surface area contributed by atoms with Crippen molar-refractivity contribution in [1.82, 2.24) is 0 Å². The Morgan fingerprint density at radius 1 is 1.20 bits per heavy atom. The minimum atomic E-state index is -0.0684. The second kappa shape index (κ2) is 4.87. The van der Waals surface area contributed by atoms with E-state index < -0.39 is 0 Å². The molecule has 0 bridgehead atoms. The Morgan fingerprint density at radius 2 is 1.85 bits per heavy atom. The highest BCUT2D eigenvalue weighted by Crippen LogP contribution is 2.68. The third-order valence-corrected chi connectivity index (χ3v) is 5.92. The Morgan fingerprint density at radius 3 is 2.45 bits per heavy atom. The van der Waals surface area contributed by atoms with Crippen molar-refractivity contribution in [3.05, 3.63) is 34.9 Å². The molecular weight excluding hydrogens is 268 g/mol.